The summed E-state index contributed by atoms with van der Waals surface area (Å²) >= 11 is 15.4. The predicted molar refractivity (Wildman–Crippen MR) is 73.4 cm³/mol. The van der Waals surface area contributed by atoms with E-state index < -0.39 is 0 Å². The maximum Gasteiger partial charge on any atom is 0.165 e. The molecule has 0 radical (unpaired) electrons. The van der Waals surface area contributed by atoms with Gasteiger partial charge in [0.1, 0.15) is 5.82 Å². The predicted octanol–water partition coefficient (Wildman–Crippen LogP) is 4.12. The molecule has 0 aliphatic rings. The zero-order chi connectivity index (χ0) is 12.4. The Bertz CT molecular complexity index is 540. The average molecular weight is 335 g/mol. The number of hydrogen-bond acceptors (Lipinski definition) is 2. The van der Waals surface area contributed by atoms with Gasteiger partial charge >= 0.3 is 0 Å². The van der Waals surface area contributed by atoms with Crippen molar-refractivity contribution in [2.45, 2.75) is 19.3 Å². The molecule has 0 aliphatic heterocycles. The molecule has 0 saturated carbocycles. The highest BCUT2D eigenvalue weighted by Gasteiger charge is 2.14. The van der Waals surface area contributed by atoms with Crippen LogP contribution < -0.4 is 0 Å². The van der Waals surface area contributed by atoms with Gasteiger partial charge in [0.25, 0.3) is 0 Å². The maximum atomic E-state index is 6.18. The molecule has 0 N–H and O–H groups in total. The van der Waals surface area contributed by atoms with Gasteiger partial charge in [0.05, 0.1) is 10.9 Å². The van der Waals surface area contributed by atoms with Crippen LogP contribution in [0.1, 0.15) is 12.7 Å². The number of aromatic nitrogens is 3. The highest BCUT2D eigenvalue weighted by molar-refractivity contribution is 9.10. The lowest BCUT2D eigenvalue weighted by Gasteiger charge is -2.07. The van der Waals surface area contributed by atoms with Crippen molar-refractivity contribution >= 4 is 39.1 Å². The molecule has 0 amide bonds. The summed E-state index contributed by atoms with van der Waals surface area (Å²) in [5.41, 5.74) is 0.853. The fraction of sp³-hybridized carbons (Fsp3) is 0.273. The molecule has 1 aromatic heterocycles. The molecule has 0 fully saturated rings. The van der Waals surface area contributed by atoms with Gasteiger partial charge in [-0.05, 0) is 25.1 Å². The zero-order valence-corrected chi connectivity index (χ0v) is 12.2. The SMILES string of the molecule is CCn1c(CCl)nnc1-c1cc(Br)ccc1Cl. The number of halogens is 3. The van der Waals surface area contributed by atoms with Crippen molar-refractivity contribution in [3.63, 3.8) is 0 Å². The minimum Gasteiger partial charge on any atom is -0.310 e. The Labute approximate surface area is 118 Å². The normalized spacial score (nSPS) is 10.8. The fourth-order valence-corrected chi connectivity index (χ4v) is 2.40. The van der Waals surface area contributed by atoms with E-state index in [0.29, 0.717) is 10.9 Å². The molecule has 0 unspecified atom stereocenters. The van der Waals surface area contributed by atoms with Gasteiger partial charge in [-0.25, -0.2) is 0 Å². The molecule has 0 saturated heterocycles. The van der Waals surface area contributed by atoms with Crippen LogP contribution in [0.5, 0.6) is 0 Å². The van der Waals surface area contributed by atoms with E-state index in [4.69, 9.17) is 23.2 Å². The minimum atomic E-state index is 0.340. The van der Waals surface area contributed by atoms with E-state index in [9.17, 15) is 0 Å². The Balaban J connectivity index is 2.59. The molecule has 2 rings (SSSR count). The topological polar surface area (TPSA) is 30.7 Å². The summed E-state index contributed by atoms with van der Waals surface area (Å²) in [7, 11) is 0. The summed E-state index contributed by atoms with van der Waals surface area (Å²) in [6, 6.07) is 5.65. The summed E-state index contributed by atoms with van der Waals surface area (Å²) in [6.45, 7) is 2.78. The van der Waals surface area contributed by atoms with Crippen molar-refractivity contribution in [2.75, 3.05) is 0 Å². The van der Waals surface area contributed by atoms with Crippen LogP contribution in [0.3, 0.4) is 0 Å². The molecule has 17 heavy (non-hydrogen) atoms. The Morgan fingerprint density at radius 3 is 2.76 bits per heavy atom. The Morgan fingerprint density at radius 1 is 1.35 bits per heavy atom. The Hall–Kier alpha value is -0.580. The molecule has 0 spiro atoms. The second-order valence-electron chi connectivity index (χ2n) is 3.44. The first-order valence-corrected chi connectivity index (χ1v) is 6.81. The monoisotopic (exact) mass is 333 g/mol. The lowest BCUT2D eigenvalue weighted by molar-refractivity contribution is 0.731. The molecule has 0 aliphatic carbocycles. The summed E-state index contributed by atoms with van der Waals surface area (Å²) in [5, 5.41) is 8.86. The van der Waals surface area contributed by atoms with Crippen molar-refractivity contribution in [3.8, 4) is 11.4 Å². The van der Waals surface area contributed by atoms with Crippen LogP contribution in [0, 0.1) is 0 Å². The van der Waals surface area contributed by atoms with E-state index in [1.54, 1.807) is 0 Å². The molecule has 2 aromatic rings. The molecular weight excluding hydrogens is 325 g/mol. The van der Waals surface area contributed by atoms with Gasteiger partial charge in [0, 0.05) is 16.6 Å². The average Bonchev–Trinajstić information content (AvgIpc) is 2.74. The van der Waals surface area contributed by atoms with E-state index in [0.717, 1.165) is 28.2 Å². The van der Waals surface area contributed by atoms with Crippen LogP contribution in [0.15, 0.2) is 22.7 Å². The molecule has 90 valence electrons. The first-order chi connectivity index (χ1) is 8.17. The van der Waals surface area contributed by atoms with E-state index in [1.807, 2.05) is 29.7 Å². The third-order valence-electron chi connectivity index (χ3n) is 2.43. The highest BCUT2D eigenvalue weighted by atomic mass is 79.9. The van der Waals surface area contributed by atoms with Crippen molar-refractivity contribution < 1.29 is 0 Å². The van der Waals surface area contributed by atoms with Gasteiger partial charge in [-0.15, -0.1) is 21.8 Å². The van der Waals surface area contributed by atoms with Gasteiger partial charge in [0.2, 0.25) is 0 Å². The lowest BCUT2D eigenvalue weighted by atomic mass is 10.2. The minimum absolute atomic E-state index is 0.340. The van der Waals surface area contributed by atoms with Crippen LogP contribution in [0.2, 0.25) is 5.02 Å². The summed E-state index contributed by atoms with van der Waals surface area (Å²) in [5.74, 6) is 1.83. The Morgan fingerprint density at radius 2 is 2.12 bits per heavy atom. The number of nitrogens with zero attached hydrogens (tertiary/aromatic N) is 3. The van der Waals surface area contributed by atoms with Crippen LogP contribution in [0.4, 0.5) is 0 Å². The van der Waals surface area contributed by atoms with Gasteiger partial charge in [-0.3, -0.25) is 0 Å². The Kier molecular flexibility index (Phi) is 4.07. The second-order valence-corrected chi connectivity index (χ2v) is 5.03. The maximum absolute atomic E-state index is 6.18. The lowest BCUT2D eigenvalue weighted by Crippen LogP contribution is -2.02. The first kappa shape index (κ1) is 12.9. The van der Waals surface area contributed by atoms with Crippen LogP contribution in [-0.4, -0.2) is 14.8 Å². The van der Waals surface area contributed by atoms with Crippen LogP contribution >= 0.6 is 39.1 Å². The number of alkyl halides is 1. The summed E-state index contributed by atoms with van der Waals surface area (Å²) < 4.78 is 2.91. The van der Waals surface area contributed by atoms with E-state index in [1.165, 1.54) is 0 Å². The fourth-order valence-electron chi connectivity index (χ4n) is 1.63. The quantitative estimate of drug-likeness (QED) is 0.790. The van der Waals surface area contributed by atoms with E-state index in [-0.39, 0.29) is 0 Å². The third-order valence-corrected chi connectivity index (χ3v) is 3.49. The molecular formula is C11H10BrCl2N3. The largest absolute Gasteiger partial charge is 0.310 e. The molecule has 6 heteroatoms. The van der Waals surface area contributed by atoms with Crippen molar-refractivity contribution in [1.82, 2.24) is 14.8 Å². The smallest absolute Gasteiger partial charge is 0.165 e. The highest BCUT2D eigenvalue weighted by Crippen LogP contribution is 2.30. The second kappa shape index (κ2) is 5.38. The molecule has 0 atom stereocenters. The summed E-state index contributed by atoms with van der Waals surface area (Å²) in [6.07, 6.45) is 0. The van der Waals surface area contributed by atoms with Crippen LogP contribution in [-0.2, 0) is 12.4 Å². The number of hydrogen-bond donors (Lipinski definition) is 0. The standard InChI is InChI=1S/C11H10BrCl2N3/c1-2-17-10(6-13)15-16-11(17)8-5-7(12)3-4-9(8)14/h3-5H,2,6H2,1H3. The van der Waals surface area contributed by atoms with Gasteiger partial charge in [-0.1, -0.05) is 27.5 Å². The van der Waals surface area contributed by atoms with Crippen molar-refractivity contribution in [3.05, 3.63) is 33.5 Å². The number of rotatable bonds is 3. The summed E-state index contributed by atoms with van der Waals surface area (Å²) in [4.78, 5) is 0. The van der Waals surface area contributed by atoms with Gasteiger partial charge < -0.3 is 4.57 Å². The van der Waals surface area contributed by atoms with E-state index in [2.05, 4.69) is 26.1 Å². The first-order valence-electron chi connectivity index (χ1n) is 5.10. The zero-order valence-electron chi connectivity index (χ0n) is 9.12. The third kappa shape index (κ3) is 2.49. The van der Waals surface area contributed by atoms with Crippen molar-refractivity contribution in [2.24, 2.45) is 0 Å². The molecule has 3 nitrogen and oxygen atoms in total. The molecule has 1 heterocycles. The molecule has 0 bridgehead atoms. The number of benzene rings is 1. The van der Waals surface area contributed by atoms with Crippen molar-refractivity contribution in [1.29, 1.82) is 0 Å². The molecule has 1 aromatic carbocycles. The van der Waals surface area contributed by atoms with E-state index >= 15 is 0 Å². The van der Waals surface area contributed by atoms with Crippen LogP contribution in [0.25, 0.3) is 11.4 Å². The van der Waals surface area contributed by atoms with Gasteiger partial charge in [0.15, 0.2) is 5.82 Å². The van der Waals surface area contributed by atoms with Gasteiger partial charge in [-0.2, -0.15) is 0 Å².